The number of hydrogen-bond donors (Lipinski definition) is 0. The topological polar surface area (TPSA) is 60.7 Å². The Kier molecular flexibility index (Phi) is 4.39. The van der Waals surface area contributed by atoms with Crippen molar-refractivity contribution in [1.82, 2.24) is 20.2 Å². The summed E-state index contributed by atoms with van der Waals surface area (Å²) in [5.74, 6) is 1.44. The van der Waals surface area contributed by atoms with E-state index in [9.17, 15) is 4.21 Å². The summed E-state index contributed by atoms with van der Waals surface area (Å²) in [5, 5.41) is 11.7. The molecule has 0 aliphatic carbocycles. The summed E-state index contributed by atoms with van der Waals surface area (Å²) >= 11 is 0. The normalized spacial score (nSPS) is 12.2. The molecule has 3 rings (SSSR count). The van der Waals surface area contributed by atoms with Gasteiger partial charge in [0.05, 0.1) is 11.4 Å². The van der Waals surface area contributed by atoms with Crippen LogP contribution in [0.25, 0.3) is 5.69 Å². The number of aromatic nitrogens is 4. The Morgan fingerprint density at radius 2 is 1.86 bits per heavy atom. The Balaban J connectivity index is 1.74. The number of nitrogens with zero attached hydrogens (tertiary/aromatic N) is 4. The largest absolute Gasteiger partial charge is 0.259 e. The van der Waals surface area contributed by atoms with E-state index >= 15 is 0 Å². The van der Waals surface area contributed by atoms with E-state index in [1.807, 2.05) is 55.5 Å². The van der Waals surface area contributed by atoms with Crippen LogP contribution in [0, 0.1) is 6.92 Å². The predicted octanol–water partition coefficient (Wildman–Crippen LogP) is 2.42. The molecular weight excluding hydrogens is 296 g/mol. The number of aryl methyl sites for hydroxylation is 1. The van der Waals surface area contributed by atoms with E-state index in [4.69, 9.17) is 0 Å². The van der Waals surface area contributed by atoms with E-state index in [0.29, 0.717) is 17.3 Å². The first-order valence-electron chi connectivity index (χ1n) is 6.95. The summed E-state index contributed by atoms with van der Waals surface area (Å²) in [4.78, 5) is 0. The third kappa shape index (κ3) is 3.46. The quantitative estimate of drug-likeness (QED) is 0.726. The van der Waals surface area contributed by atoms with E-state index < -0.39 is 10.8 Å². The Morgan fingerprint density at radius 1 is 1.05 bits per heavy atom. The molecular formula is C16H16N4OS. The first-order valence-corrected chi connectivity index (χ1v) is 8.44. The molecule has 1 heterocycles. The fourth-order valence-corrected chi connectivity index (χ4v) is 3.37. The van der Waals surface area contributed by atoms with Gasteiger partial charge >= 0.3 is 0 Å². The maximum absolute atomic E-state index is 12.4. The minimum Gasteiger partial charge on any atom is -0.259 e. The molecule has 0 N–H and O–H groups in total. The maximum Gasteiger partial charge on any atom is 0.169 e. The van der Waals surface area contributed by atoms with Crippen LogP contribution in [0.1, 0.15) is 17.0 Å². The summed E-state index contributed by atoms with van der Waals surface area (Å²) in [7, 11) is -1.06. The maximum atomic E-state index is 12.4. The molecule has 5 nitrogen and oxygen atoms in total. The molecule has 1 atom stereocenters. The third-order valence-corrected chi connectivity index (χ3v) is 4.47. The molecule has 0 spiro atoms. The first-order chi connectivity index (χ1) is 10.7. The van der Waals surface area contributed by atoms with Gasteiger partial charge < -0.3 is 0 Å². The van der Waals surface area contributed by atoms with E-state index in [2.05, 4.69) is 21.6 Å². The molecule has 1 unspecified atom stereocenters. The molecule has 0 aliphatic heterocycles. The Labute approximate surface area is 131 Å². The zero-order valence-electron chi connectivity index (χ0n) is 12.2. The van der Waals surface area contributed by atoms with Crippen molar-refractivity contribution in [2.45, 2.75) is 18.4 Å². The van der Waals surface area contributed by atoms with Crippen LogP contribution in [0.3, 0.4) is 0 Å². The Bertz CT molecular complexity index is 786. The highest BCUT2D eigenvalue weighted by molar-refractivity contribution is 7.83. The molecule has 0 bridgehead atoms. The lowest BCUT2D eigenvalue weighted by Crippen LogP contribution is -2.07. The van der Waals surface area contributed by atoms with Crippen LogP contribution in [0.15, 0.2) is 54.6 Å². The molecule has 0 fully saturated rings. The summed E-state index contributed by atoms with van der Waals surface area (Å²) in [6.07, 6.45) is 0. The third-order valence-electron chi connectivity index (χ3n) is 3.24. The standard InChI is InChI=1S/C16H16N4OS/c1-13-6-5-7-14(10-13)11-22(21)12-16-17-18-19-20(16)15-8-3-2-4-9-15/h2-10H,11-12H2,1H3. The second-order valence-electron chi connectivity index (χ2n) is 5.06. The summed E-state index contributed by atoms with van der Waals surface area (Å²) in [6.45, 7) is 2.03. The molecule has 0 saturated heterocycles. The highest BCUT2D eigenvalue weighted by Gasteiger charge is 2.12. The van der Waals surface area contributed by atoms with Crippen LogP contribution in [0.4, 0.5) is 0 Å². The number of tetrazole rings is 1. The lowest BCUT2D eigenvalue weighted by atomic mass is 10.2. The van der Waals surface area contributed by atoms with Gasteiger partial charge in [0.25, 0.3) is 0 Å². The van der Waals surface area contributed by atoms with Gasteiger partial charge in [0.2, 0.25) is 0 Å². The monoisotopic (exact) mass is 312 g/mol. The second-order valence-corrected chi connectivity index (χ2v) is 6.52. The smallest absolute Gasteiger partial charge is 0.169 e. The van der Waals surface area contributed by atoms with Crippen LogP contribution in [-0.2, 0) is 22.3 Å². The summed E-state index contributed by atoms with van der Waals surface area (Å²) in [6, 6.07) is 17.7. The molecule has 2 aromatic carbocycles. The molecule has 0 amide bonds. The van der Waals surface area contributed by atoms with Gasteiger partial charge in [-0.2, -0.15) is 4.68 Å². The van der Waals surface area contributed by atoms with Crippen LogP contribution in [-0.4, -0.2) is 24.4 Å². The fourth-order valence-electron chi connectivity index (χ4n) is 2.25. The number of hydrogen-bond acceptors (Lipinski definition) is 4. The molecule has 112 valence electrons. The van der Waals surface area contributed by atoms with Crippen molar-refractivity contribution in [1.29, 1.82) is 0 Å². The number of rotatable bonds is 5. The van der Waals surface area contributed by atoms with Gasteiger partial charge in [0.1, 0.15) is 0 Å². The SMILES string of the molecule is Cc1cccc(CS(=O)Cc2nnnn2-c2ccccc2)c1. The highest BCUT2D eigenvalue weighted by Crippen LogP contribution is 2.12. The van der Waals surface area contributed by atoms with E-state index in [-0.39, 0.29) is 0 Å². The number of para-hydroxylation sites is 1. The average Bonchev–Trinajstić information content (AvgIpc) is 2.96. The van der Waals surface area contributed by atoms with Crippen LogP contribution >= 0.6 is 0 Å². The second kappa shape index (κ2) is 6.62. The zero-order valence-corrected chi connectivity index (χ0v) is 13.0. The molecule has 6 heteroatoms. The van der Waals surface area contributed by atoms with E-state index in [1.54, 1.807) is 4.68 Å². The zero-order chi connectivity index (χ0) is 15.4. The minimum atomic E-state index is -1.06. The van der Waals surface area contributed by atoms with Crippen molar-refractivity contribution in [2.75, 3.05) is 0 Å². The van der Waals surface area contributed by atoms with Crippen molar-refractivity contribution in [3.8, 4) is 5.69 Å². The Morgan fingerprint density at radius 3 is 2.64 bits per heavy atom. The van der Waals surface area contributed by atoms with Crippen LogP contribution in [0.5, 0.6) is 0 Å². The van der Waals surface area contributed by atoms with Gasteiger partial charge in [-0.15, -0.1) is 5.10 Å². The van der Waals surface area contributed by atoms with Crippen molar-refractivity contribution < 1.29 is 4.21 Å². The van der Waals surface area contributed by atoms with Crippen molar-refractivity contribution in [3.05, 3.63) is 71.5 Å². The summed E-state index contributed by atoms with van der Waals surface area (Å²) in [5.41, 5.74) is 3.11. The fraction of sp³-hybridized carbons (Fsp3) is 0.188. The number of benzene rings is 2. The van der Waals surface area contributed by atoms with Crippen LogP contribution < -0.4 is 0 Å². The van der Waals surface area contributed by atoms with Gasteiger partial charge in [0, 0.05) is 16.6 Å². The minimum absolute atomic E-state index is 0.329. The van der Waals surface area contributed by atoms with Gasteiger partial charge in [-0.05, 0) is 35.0 Å². The average molecular weight is 312 g/mol. The first kappa shape index (κ1) is 14.6. The van der Waals surface area contributed by atoms with E-state index in [0.717, 1.165) is 11.3 Å². The van der Waals surface area contributed by atoms with Crippen LogP contribution in [0.2, 0.25) is 0 Å². The van der Waals surface area contributed by atoms with Crippen molar-refractivity contribution >= 4 is 10.8 Å². The molecule has 0 aliphatic rings. The summed E-state index contributed by atoms with van der Waals surface area (Å²) < 4.78 is 14.0. The molecule has 0 saturated carbocycles. The van der Waals surface area contributed by atoms with Gasteiger partial charge in [0.15, 0.2) is 5.82 Å². The predicted molar refractivity (Wildman–Crippen MR) is 85.9 cm³/mol. The van der Waals surface area contributed by atoms with Gasteiger partial charge in [-0.1, -0.05) is 48.0 Å². The highest BCUT2D eigenvalue weighted by atomic mass is 32.2. The lowest BCUT2D eigenvalue weighted by Gasteiger charge is -2.05. The van der Waals surface area contributed by atoms with Crippen molar-refractivity contribution in [3.63, 3.8) is 0 Å². The Hall–Kier alpha value is -2.34. The van der Waals surface area contributed by atoms with Gasteiger partial charge in [-0.25, -0.2) is 0 Å². The van der Waals surface area contributed by atoms with Crippen molar-refractivity contribution in [2.24, 2.45) is 0 Å². The molecule has 0 radical (unpaired) electrons. The van der Waals surface area contributed by atoms with Gasteiger partial charge in [-0.3, -0.25) is 4.21 Å². The molecule has 3 aromatic rings. The molecule has 1 aromatic heterocycles. The molecule has 22 heavy (non-hydrogen) atoms. The van der Waals surface area contributed by atoms with E-state index in [1.165, 1.54) is 5.56 Å². The lowest BCUT2D eigenvalue weighted by molar-refractivity contribution is 0.679.